The van der Waals surface area contributed by atoms with Crippen molar-refractivity contribution >= 4 is 0 Å². The van der Waals surface area contributed by atoms with E-state index in [1.807, 2.05) is 6.07 Å². The fraction of sp³-hybridized carbons (Fsp3) is 0.500. The molecule has 1 aliphatic rings. The molecule has 30 heavy (non-hydrogen) atoms. The molecule has 5 nitrogen and oxygen atoms in total. The van der Waals surface area contributed by atoms with Crippen LogP contribution in [0.3, 0.4) is 0 Å². The third-order valence-corrected chi connectivity index (χ3v) is 5.64. The second kappa shape index (κ2) is 7.65. The minimum atomic E-state index is -4.86. The summed E-state index contributed by atoms with van der Waals surface area (Å²) in [4.78, 5) is 11.8. The van der Waals surface area contributed by atoms with Gasteiger partial charge in [-0.2, -0.15) is 13.2 Å². The summed E-state index contributed by atoms with van der Waals surface area (Å²) in [6.45, 7) is 6.25. The maximum absolute atomic E-state index is 14.0. The lowest BCUT2D eigenvalue weighted by Gasteiger charge is -2.38. The maximum atomic E-state index is 14.0. The number of alkyl halides is 3. The first-order valence-electron chi connectivity index (χ1n) is 9.82. The van der Waals surface area contributed by atoms with Crippen molar-refractivity contribution in [3.63, 3.8) is 0 Å². The predicted molar refractivity (Wildman–Crippen MR) is 109 cm³/mol. The van der Waals surface area contributed by atoms with Gasteiger partial charge in [0.15, 0.2) is 11.0 Å². The van der Waals surface area contributed by atoms with Crippen molar-refractivity contribution in [3.05, 3.63) is 63.1 Å². The molecule has 1 aromatic carbocycles. The number of nitrogens with one attached hydrogen (secondary N) is 1. The Morgan fingerprint density at radius 2 is 1.80 bits per heavy atom. The molecule has 0 amide bonds. The van der Waals surface area contributed by atoms with Gasteiger partial charge in [0.25, 0.3) is 0 Å². The lowest BCUT2D eigenvalue weighted by molar-refractivity contribution is -0.261. The number of fused-ring (bicyclic) bond motifs is 1. The lowest BCUT2D eigenvalue weighted by atomic mass is 9.74. The molecular weight excluding hydrogens is 397 g/mol. The zero-order valence-corrected chi connectivity index (χ0v) is 17.6. The van der Waals surface area contributed by atoms with E-state index in [-0.39, 0.29) is 5.43 Å². The van der Waals surface area contributed by atoms with Crippen LogP contribution in [-0.2, 0) is 11.8 Å². The van der Waals surface area contributed by atoms with E-state index in [1.165, 1.54) is 17.1 Å². The molecule has 2 heterocycles. The number of hydrogen-bond donors (Lipinski definition) is 2. The Morgan fingerprint density at radius 1 is 1.17 bits per heavy atom. The summed E-state index contributed by atoms with van der Waals surface area (Å²) >= 11 is 0. The fourth-order valence-corrected chi connectivity index (χ4v) is 4.03. The van der Waals surface area contributed by atoms with Crippen LogP contribution in [0.25, 0.3) is 0 Å². The highest BCUT2D eigenvalue weighted by Gasteiger charge is 2.56. The number of nitrogens with zero attached hydrogens (tertiary/aromatic N) is 1. The van der Waals surface area contributed by atoms with Crippen LogP contribution in [0.15, 0.2) is 35.4 Å². The number of aryl methyl sites for hydroxylation is 2. The summed E-state index contributed by atoms with van der Waals surface area (Å²) in [5.74, 6) is 0.617. The van der Waals surface area contributed by atoms with Gasteiger partial charge in [0.2, 0.25) is 0 Å². The lowest BCUT2D eigenvalue weighted by Crippen LogP contribution is -2.54. The van der Waals surface area contributed by atoms with Crippen LogP contribution >= 0.6 is 0 Å². The number of para-hydroxylation sites is 1. The molecule has 2 N–H and O–H groups in total. The summed E-state index contributed by atoms with van der Waals surface area (Å²) in [7, 11) is 0. The predicted octanol–water partition coefficient (Wildman–Crippen LogP) is 3.60. The number of aromatic nitrogens is 1. The average Bonchev–Trinajstić information content (AvgIpc) is 3.11. The van der Waals surface area contributed by atoms with Gasteiger partial charge < -0.3 is 15.3 Å². The van der Waals surface area contributed by atoms with Gasteiger partial charge >= 0.3 is 6.18 Å². The highest BCUT2D eigenvalue weighted by molar-refractivity contribution is 5.47. The number of benzene rings is 1. The van der Waals surface area contributed by atoms with Crippen molar-refractivity contribution in [1.29, 1.82) is 0 Å². The number of aliphatic hydroxyl groups is 1. The van der Waals surface area contributed by atoms with Crippen LogP contribution in [-0.4, -0.2) is 34.7 Å². The Hall–Kier alpha value is -2.48. The Bertz CT molecular complexity index is 972. The summed E-state index contributed by atoms with van der Waals surface area (Å²) in [5.41, 5.74) is 0.847. The van der Waals surface area contributed by atoms with Crippen molar-refractivity contribution in [2.45, 2.75) is 57.7 Å². The van der Waals surface area contributed by atoms with Gasteiger partial charge in [0, 0.05) is 35.5 Å². The molecule has 1 unspecified atom stereocenters. The Balaban J connectivity index is 1.89. The molecule has 2 aromatic rings. The van der Waals surface area contributed by atoms with E-state index < -0.39 is 30.2 Å². The van der Waals surface area contributed by atoms with Crippen molar-refractivity contribution in [1.82, 2.24) is 4.68 Å². The normalized spacial score (nSPS) is 16.0. The Kier molecular flexibility index (Phi) is 5.66. The molecule has 164 valence electrons. The van der Waals surface area contributed by atoms with Gasteiger partial charge in [-0.15, -0.1) is 0 Å². The number of halogens is 3. The van der Waals surface area contributed by atoms with Gasteiger partial charge in [-0.05, 0) is 31.2 Å². The van der Waals surface area contributed by atoms with E-state index in [4.69, 9.17) is 4.74 Å². The average molecular weight is 424 g/mol. The molecule has 0 radical (unpaired) electrons. The van der Waals surface area contributed by atoms with Crippen LogP contribution in [0.1, 0.15) is 42.5 Å². The second-order valence-corrected chi connectivity index (χ2v) is 8.68. The van der Waals surface area contributed by atoms with E-state index in [9.17, 15) is 23.1 Å². The summed E-state index contributed by atoms with van der Waals surface area (Å²) in [6, 6.07) is 5.46. The van der Waals surface area contributed by atoms with Crippen LogP contribution < -0.4 is 15.6 Å². The van der Waals surface area contributed by atoms with Crippen molar-refractivity contribution in [2.24, 2.45) is 0 Å². The summed E-state index contributed by atoms with van der Waals surface area (Å²) in [6.07, 6.45) is -1.88. The molecule has 0 saturated heterocycles. The van der Waals surface area contributed by atoms with Crippen LogP contribution in [0.5, 0.6) is 5.75 Å². The largest absolute Gasteiger partial charge is 0.493 e. The number of pyridine rings is 1. The molecule has 3 rings (SSSR count). The van der Waals surface area contributed by atoms with E-state index >= 15 is 0 Å². The Labute approximate surface area is 173 Å². The first-order valence-corrected chi connectivity index (χ1v) is 9.82. The van der Waals surface area contributed by atoms with Crippen molar-refractivity contribution in [2.75, 3.05) is 18.6 Å². The zero-order chi connectivity index (χ0) is 22.3. The molecule has 0 saturated carbocycles. The molecule has 0 fully saturated rings. The summed E-state index contributed by atoms with van der Waals surface area (Å²) in [5, 5.41) is 10.7. The maximum Gasteiger partial charge on any atom is 0.419 e. The van der Waals surface area contributed by atoms with Crippen LogP contribution in [0, 0.1) is 13.8 Å². The van der Waals surface area contributed by atoms with E-state index in [2.05, 4.69) is 5.43 Å². The third kappa shape index (κ3) is 4.19. The number of rotatable bonds is 6. The Morgan fingerprint density at radius 3 is 2.40 bits per heavy atom. The molecule has 0 bridgehead atoms. The minimum absolute atomic E-state index is 0.168. The van der Waals surface area contributed by atoms with Gasteiger partial charge in [0.1, 0.15) is 5.75 Å². The van der Waals surface area contributed by atoms with Gasteiger partial charge in [0.05, 0.1) is 13.2 Å². The monoisotopic (exact) mass is 424 g/mol. The van der Waals surface area contributed by atoms with Gasteiger partial charge in [-0.1, -0.05) is 32.0 Å². The van der Waals surface area contributed by atoms with E-state index in [0.29, 0.717) is 29.0 Å². The van der Waals surface area contributed by atoms with E-state index in [1.54, 1.807) is 39.8 Å². The molecule has 0 spiro atoms. The van der Waals surface area contributed by atoms with Crippen LogP contribution in [0.2, 0.25) is 0 Å². The zero-order valence-electron chi connectivity index (χ0n) is 17.6. The van der Waals surface area contributed by atoms with Gasteiger partial charge in [-0.25, -0.2) is 0 Å². The topological polar surface area (TPSA) is 63.5 Å². The molecule has 8 heteroatoms. The second-order valence-electron chi connectivity index (χ2n) is 8.68. The van der Waals surface area contributed by atoms with Crippen LogP contribution in [0.4, 0.5) is 13.2 Å². The van der Waals surface area contributed by atoms with Crippen molar-refractivity contribution in [3.8, 4) is 5.75 Å². The smallest absolute Gasteiger partial charge is 0.419 e. The number of hydrogen-bond acceptors (Lipinski definition) is 4. The minimum Gasteiger partial charge on any atom is -0.493 e. The molecule has 0 aliphatic carbocycles. The quantitative estimate of drug-likeness (QED) is 0.744. The summed E-state index contributed by atoms with van der Waals surface area (Å²) < 4.78 is 48.9. The van der Waals surface area contributed by atoms with Crippen molar-refractivity contribution < 1.29 is 23.0 Å². The fourth-order valence-electron chi connectivity index (χ4n) is 4.03. The highest BCUT2D eigenvalue weighted by atomic mass is 19.4. The number of ether oxygens (including phenoxy) is 1. The van der Waals surface area contributed by atoms with Gasteiger partial charge in [-0.3, -0.25) is 9.47 Å². The SMILES string of the molecule is Cc1cn(NCC(O)(CC(C)(C)c2cccc3c2OCC3)C(F)(F)F)cc(C)c1=O. The highest BCUT2D eigenvalue weighted by Crippen LogP contribution is 2.45. The van der Waals surface area contributed by atoms with E-state index in [0.717, 1.165) is 12.0 Å². The first kappa shape index (κ1) is 22.2. The molecule has 1 atom stereocenters. The standard InChI is InChI=1S/C22H27F3N2O3/c1-14-10-27(11-15(2)18(14)28)26-13-21(29,22(23,24)25)12-20(3,4)17-7-5-6-16-8-9-30-19(16)17/h5-7,10-11,26,29H,8-9,12-13H2,1-4H3. The first-order chi connectivity index (χ1) is 13.8. The third-order valence-electron chi connectivity index (χ3n) is 5.64. The molecule has 1 aliphatic heterocycles. The molecular formula is C22H27F3N2O3. The molecule has 1 aromatic heterocycles.